The zero-order valence-corrected chi connectivity index (χ0v) is 11.7. The quantitative estimate of drug-likeness (QED) is 0.670. The number of hydrogen-bond acceptors (Lipinski definition) is 6. The van der Waals surface area contributed by atoms with Crippen LogP contribution in [0.25, 0.3) is 5.65 Å². The van der Waals surface area contributed by atoms with Gasteiger partial charge in [-0.3, -0.25) is 4.79 Å². The molecule has 8 nitrogen and oxygen atoms in total. The number of carbonyl (C=O) groups excluding carboxylic acids is 1. The topological polar surface area (TPSA) is 97.1 Å². The number of carbonyl (C=O) groups is 1. The lowest BCUT2D eigenvalue weighted by Gasteiger charge is -2.08. The standard InChI is InChI=1S/C13H11F2N7O/c14-8-1-2-9(10(15)7-8)13(23)17-6-5-16-11-3-4-12-18-20-21-22(12)19-11/h1-4,7H,5-6H2,(H,16,19)(H,17,23). The summed E-state index contributed by atoms with van der Waals surface area (Å²) < 4.78 is 27.5. The van der Waals surface area contributed by atoms with E-state index in [2.05, 4.69) is 31.3 Å². The highest BCUT2D eigenvalue weighted by molar-refractivity contribution is 5.94. The summed E-state index contributed by atoms with van der Waals surface area (Å²) in [6.45, 7) is 0.583. The molecule has 2 N–H and O–H groups in total. The number of rotatable bonds is 5. The van der Waals surface area contributed by atoms with E-state index in [4.69, 9.17) is 0 Å². The molecule has 0 fully saturated rings. The zero-order valence-electron chi connectivity index (χ0n) is 11.7. The van der Waals surface area contributed by atoms with Crippen LogP contribution < -0.4 is 10.6 Å². The molecule has 0 aliphatic heterocycles. The van der Waals surface area contributed by atoms with Gasteiger partial charge in [0.15, 0.2) is 5.65 Å². The van der Waals surface area contributed by atoms with Crippen molar-refractivity contribution in [2.75, 3.05) is 18.4 Å². The van der Waals surface area contributed by atoms with E-state index in [1.54, 1.807) is 12.1 Å². The molecule has 0 spiro atoms. The number of aromatic nitrogens is 5. The van der Waals surface area contributed by atoms with Gasteiger partial charge in [-0.1, -0.05) is 0 Å². The molecule has 0 atom stereocenters. The van der Waals surface area contributed by atoms with E-state index in [0.717, 1.165) is 12.1 Å². The van der Waals surface area contributed by atoms with Crippen molar-refractivity contribution < 1.29 is 13.6 Å². The Morgan fingerprint density at radius 2 is 2.04 bits per heavy atom. The van der Waals surface area contributed by atoms with Gasteiger partial charge < -0.3 is 10.6 Å². The maximum Gasteiger partial charge on any atom is 0.254 e. The Morgan fingerprint density at radius 1 is 1.17 bits per heavy atom. The van der Waals surface area contributed by atoms with Gasteiger partial charge in [-0.15, -0.1) is 14.8 Å². The van der Waals surface area contributed by atoms with Crippen LogP contribution in [0, 0.1) is 11.6 Å². The average molecular weight is 319 g/mol. The number of halogens is 2. The minimum Gasteiger partial charge on any atom is -0.367 e. The van der Waals surface area contributed by atoms with Crippen LogP contribution in [0.1, 0.15) is 10.4 Å². The van der Waals surface area contributed by atoms with E-state index in [1.807, 2.05) is 0 Å². The van der Waals surface area contributed by atoms with Gasteiger partial charge >= 0.3 is 0 Å². The first-order chi connectivity index (χ1) is 11.1. The monoisotopic (exact) mass is 319 g/mol. The first kappa shape index (κ1) is 14.8. The molecule has 0 aliphatic rings. The second kappa shape index (κ2) is 6.30. The van der Waals surface area contributed by atoms with Gasteiger partial charge in [0.1, 0.15) is 17.5 Å². The molecule has 0 saturated heterocycles. The molecular weight excluding hydrogens is 308 g/mol. The summed E-state index contributed by atoms with van der Waals surface area (Å²) in [4.78, 5) is 11.8. The normalized spacial score (nSPS) is 10.7. The first-order valence-corrected chi connectivity index (χ1v) is 6.66. The van der Waals surface area contributed by atoms with E-state index in [0.29, 0.717) is 24.1 Å². The van der Waals surface area contributed by atoms with Crippen LogP contribution in [-0.4, -0.2) is 44.3 Å². The molecule has 118 valence electrons. The predicted octanol–water partition coefficient (Wildman–Crippen LogP) is 0.639. The fourth-order valence-corrected chi connectivity index (χ4v) is 1.88. The van der Waals surface area contributed by atoms with Crippen LogP contribution in [0.3, 0.4) is 0 Å². The predicted molar refractivity (Wildman–Crippen MR) is 75.8 cm³/mol. The van der Waals surface area contributed by atoms with Crippen molar-refractivity contribution in [3.05, 3.63) is 47.5 Å². The van der Waals surface area contributed by atoms with Crippen molar-refractivity contribution in [3.63, 3.8) is 0 Å². The summed E-state index contributed by atoms with van der Waals surface area (Å²) in [5.41, 5.74) is 0.301. The zero-order chi connectivity index (χ0) is 16.2. The van der Waals surface area contributed by atoms with Gasteiger partial charge in [0, 0.05) is 19.2 Å². The van der Waals surface area contributed by atoms with E-state index in [-0.39, 0.29) is 12.1 Å². The number of anilines is 1. The van der Waals surface area contributed by atoms with Crippen molar-refractivity contribution in [3.8, 4) is 0 Å². The average Bonchev–Trinajstić information content (AvgIpc) is 2.99. The number of tetrazole rings is 1. The lowest BCUT2D eigenvalue weighted by molar-refractivity contribution is 0.0951. The number of hydrogen-bond donors (Lipinski definition) is 2. The number of nitrogens with one attached hydrogen (secondary N) is 2. The Hall–Kier alpha value is -3.17. The third kappa shape index (κ3) is 3.36. The van der Waals surface area contributed by atoms with Gasteiger partial charge in [0.25, 0.3) is 5.91 Å². The van der Waals surface area contributed by atoms with Gasteiger partial charge in [-0.05, 0) is 34.7 Å². The molecule has 0 bridgehead atoms. The summed E-state index contributed by atoms with van der Waals surface area (Å²) >= 11 is 0. The number of amides is 1. The fourth-order valence-electron chi connectivity index (χ4n) is 1.88. The molecule has 3 aromatic rings. The largest absolute Gasteiger partial charge is 0.367 e. The molecule has 10 heteroatoms. The van der Waals surface area contributed by atoms with Crippen molar-refractivity contribution in [2.45, 2.75) is 0 Å². The smallest absolute Gasteiger partial charge is 0.254 e. The molecule has 3 rings (SSSR count). The molecule has 0 unspecified atom stereocenters. The second-order valence-corrected chi connectivity index (χ2v) is 4.55. The Bertz CT molecular complexity index is 851. The van der Waals surface area contributed by atoms with Crippen LogP contribution in [0.2, 0.25) is 0 Å². The number of fused-ring (bicyclic) bond motifs is 1. The van der Waals surface area contributed by atoms with E-state index < -0.39 is 17.5 Å². The maximum atomic E-state index is 13.4. The van der Waals surface area contributed by atoms with E-state index >= 15 is 0 Å². The molecule has 0 saturated carbocycles. The van der Waals surface area contributed by atoms with E-state index in [9.17, 15) is 13.6 Å². The van der Waals surface area contributed by atoms with Crippen molar-refractivity contribution in [1.82, 2.24) is 30.6 Å². The maximum absolute atomic E-state index is 13.4. The number of benzene rings is 1. The van der Waals surface area contributed by atoms with Crippen molar-refractivity contribution in [1.29, 1.82) is 0 Å². The van der Waals surface area contributed by atoms with Gasteiger partial charge in [-0.2, -0.15) is 0 Å². The summed E-state index contributed by atoms with van der Waals surface area (Å²) in [6, 6.07) is 6.16. The van der Waals surface area contributed by atoms with Gasteiger partial charge in [-0.25, -0.2) is 8.78 Å². The molecule has 1 aromatic carbocycles. The molecule has 1 amide bonds. The highest BCUT2D eigenvalue weighted by atomic mass is 19.1. The van der Waals surface area contributed by atoms with Crippen LogP contribution >= 0.6 is 0 Å². The fraction of sp³-hybridized carbons (Fsp3) is 0.154. The molecule has 2 heterocycles. The Kier molecular flexibility index (Phi) is 4.04. The van der Waals surface area contributed by atoms with Crippen molar-refractivity contribution >= 4 is 17.4 Å². The summed E-state index contributed by atoms with van der Waals surface area (Å²) in [5, 5.41) is 20.4. The van der Waals surface area contributed by atoms with Crippen LogP contribution in [0.5, 0.6) is 0 Å². The molecular formula is C13H11F2N7O. The highest BCUT2D eigenvalue weighted by Crippen LogP contribution is 2.09. The Morgan fingerprint density at radius 3 is 2.87 bits per heavy atom. The molecule has 0 radical (unpaired) electrons. The van der Waals surface area contributed by atoms with Crippen molar-refractivity contribution in [2.24, 2.45) is 0 Å². The first-order valence-electron chi connectivity index (χ1n) is 6.66. The summed E-state index contributed by atoms with van der Waals surface area (Å²) in [7, 11) is 0. The minimum absolute atomic E-state index is 0.209. The third-order valence-electron chi connectivity index (χ3n) is 2.96. The molecule has 23 heavy (non-hydrogen) atoms. The van der Waals surface area contributed by atoms with Gasteiger partial charge in [0.2, 0.25) is 0 Å². The Balaban J connectivity index is 1.51. The van der Waals surface area contributed by atoms with Crippen LogP contribution in [0.15, 0.2) is 30.3 Å². The second-order valence-electron chi connectivity index (χ2n) is 4.55. The Labute approximate surface area is 128 Å². The minimum atomic E-state index is -0.902. The van der Waals surface area contributed by atoms with E-state index in [1.165, 1.54) is 4.63 Å². The van der Waals surface area contributed by atoms with Crippen LogP contribution in [0.4, 0.5) is 14.6 Å². The SMILES string of the molecule is O=C(NCCNc1ccc2nnnn2n1)c1ccc(F)cc1F. The highest BCUT2D eigenvalue weighted by Gasteiger charge is 2.11. The lowest BCUT2D eigenvalue weighted by Crippen LogP contribution is -2.29. The summed E-state index contributed by atoms with van der Waals surface area (Å²) in [6.07, 6.45) is 0. The lowest BCUT2D eigenvalue weighted by atomic mass is 10.2. The molecule has 2 aromatic heterocycles. The third-order valence-corrected chi connectivity index (χ3v) is 2.96. The molecule has 0 aliphatic carbocycles. The van der Waals surface area contributed by atoms with Crippen LogP contribution in [-0.2, 0) is 0 Å². The van der Waals surface area contributed by atoms with Gasteiger partial charge in [0.05, 0.1) is 5.56 Å². The summed E-state index contributed by atoms with van der Waals surface area (Å²) in [5.74, 6) is -1.73. The number of nitrogens with zero attached hydrogens (tertiary/aromatic N) is 5.